The van der Waals surface area contributed by atoms with Gasteiger partial charge in [-0.05, 0) is 83.2 Å². The molecule has 0 bridgehead atoms. The fourth-order valence-corrected chi connectivity index (χ4v) is 5.33. The fraction of sp³-hybridized carbons (Fsp3) is 0.395. The van der Waals surface area contributed by atoms with E-state index in [2.05, 4.69) is 21.3 Å². The highest BCUT2D eigenvalue weighted by atomic mass is 16.5. The average molecular weight is 671 g/mol. The maximum absolute atomic E-state index is 13.4. The molecule has 3 aromatic rings. The molecule has 3 aromatic carbocycles. The van der Waals surface area contributed by atoms with Crippen molar-refractivity contribution in [2.75, 3.05) is 6.61 Å². The largest absolute Gasteiger partial charge is 0.459 e. The van der Waals surface area contributed by atoms with Crippen molar-refractivity contribution >= 4 is 29.8 Å². The van der Waals surface area contributed by atoms with E-state index in [4.69, 9.17) is 9.47 Å². The molecule has 0 spiro atoms. The van der Waals surface area contributed by atoms with Gasteiger partial charge in [0.25, 0.3) is 0 Å². The summed E-state index contributed by atoms with van der Waals surface area (Å²) in [4.78, 5) is 65.6. The van der Waals surface area contributed by atoms with Gasteiger partial charge in [-0.25, -0.2) is 9.59 Å². The second-order valence-electron chi connectivity index (χ2n) is 14.4. The molecular weight excluding hydrogens is 624 g/mol. The summed E-state index contributed by atoms with van der Waals surface area (Å²) in [6.45, 7) is 12.0. The second kappa shape index (κ2) is 14.1. The van der Waals surface area contributed by atoms with Gasteiger partial charge in [-0.2, -0.15) is 0 Å². The summed E-state index contributed by atoms with van der Waals surface area (Å²) in [7, 11) is 0. The Hall–Kier alpha value is -5.19. The van der Waals surface area contributed by atoms with Crippen molar-refractivity contribution in [3.63, 3.8) is 0 Å². The number of fused-ring (bicyclic) bond motifs is 3. The van der Waals surface area contributed by atoms with Crippen LogP contribution in [0, 0.1) is 0 Å². The molecule has 1 aliphatic carbocycles. The van der Waals surface area contributed by atoms with Gasteiger partial charge in [-0.3, -0.25) is 14.4 Å². The number of esters is 1. The second-order valence-corrected chi connectivity index (χ2v) is 14.4. The van der Waals surface area contributed by atoms with Gasteiger partial charge in [0.05, 0.1) is 0 Å². The maximum atomic E-state index is 13.4. The molecule has 260 valence electrons. The van der Waals surface area contributed by atoms with Crippen LogP contribution < -0.4 is 21.3 Å². The number of ether oxygens (including phenoxy) is 2. The third kappa shape index (κ3) is 8.65. The molecule has 0 fully saturated rings. The van der Waals surface area contributed by atoms with Gasteiger partial charge in [0, 0.05) is 5.92 Å². The van der Waals surface area contributed by atoms with E-state index in [-0.39, 0.29) is 19.1 Å². The zero-order valence-electron chi connectivity index (χ0n) is 29.4. The normalized spacial score (nSPS) is 13.0. The Morgan fingerprint density at radius 1 is 0.531 bits per heavy atom. The van der Waals surface area contributed by atoms with E-state index in [1.54, 1.807) is 0 Å². The van der Waals surface area contributed by atoms with Gasteiger partial charge < -0.3 is 30.7 Å². The van der Waals surface area contributed by atoms with E-state index in [0.717, 1.165) is 27.8 Å². The third-order valence-electron chi connectivity index (χ3n) is 8.46. The molecule has 11 heteroatoms. The topological polar surface area (TPSA) is 152 Å². The van der Waals surface area contributed by atoms with Gasteiger partial charge >= 0.3 is 12.1 Å². The van der Waals surface area contributed by atoms with E-state index >= 15 is 0 Å². The molecule has 0 heterocycles. The smallest absolute Gasteiger partial charge is 0.408 e. The van der Waals surface area contributed by atoms with Gasteiger partial charge in [0.15, 0.2) is 0 Å². The Kier molecular flexibility index (Phi) is 10.6. The molecule has 0 saturated carbocycles. The Labute approximate surface area is 287 Å². The Morgan fingerprint density at radius 3 is 1.43 bits per heavy atom. The van der Waals surface area contributed by atoms with Crippen molar-refractivity contribution in [2.45, 2.75) is 90.1 Å². The number of benzene rings is 3. The number of amides is 4. The number of carbonyl (C=O) groups excluding carboxylic acids is 5. The lowest BCUT2D eigenvalue weighted by Gasteiger charge is -2.35. The van der Waals surface area contributed by atoms with Crippen LogP contribution >= 0.6 is 0 Å². The van der Waals surface area contributed by atoms with Crippen molar-refractivity contribution in [2.24, 2.45) is 0 Å². The number of carbonyl (C=O) groups is 5. The lowest BCUT2D eigenvalue weighted by molar-refractivity contribution is -0.154. The van der Waals surface area contributed by atoms with Crippen LogP contribution in [-0.2, 0) is 35.3 Å². The first kappa shape index (κ1) is 36.6. The molecule has 4 rings (SSSR count). The van der Waals surface area contributed by atoms with Crippen LogP contribution in [0.15, 0.2) is 78.9 Å². The molecular formula is C38H46N4O7. The number of hydrogen-bond donors (Lipinski definition) is 4. The van der Waals surface area contributed by atoms with E-state index in [0.29, 0.717) is 0 Å². The first-order valence-electron chi connectivity index (χ1n) is 16.2. The highest BCUT2D eigenvalue weighted by Gasteiger charge is 2.42. The van der Waals surface area contributed by atoms with Crippen molar-refractivity contribution in [3.05, 3.63) is 95.6 Å². The SMILES string of the molecule is CC(C)(NC(=O)OCC1c2ccccc2-c2ccccc21)C(=O)NC(C)(C)C(=O)NC(C)(C)C(=O)NC(C)(C)C(=O)OCc1ccccc1. The molecule has 0 unspecified atom stereocenters. The molecule has 0 aromatic heterocycles. The minimum absolute atomic E-state index is 0.0412. The Balaban J connectivity index is 1.30. The summed E-state index contributed by atoms with van der Waals surface area (Å²) >= 11 is 0. The van der Waals surface area contributed by atoms with Crippen molar-refractivity contribution in [3.8, 4) is 11.1 Å². The molecule has 0 radical (unpaired) electrons. The summed E-state index contributed by atoms with van der Waals surface area (Å²) in [5.41, 5.74) is -0.732. The predicted octanol–water partition coefficient (Wildman–Crippen LogP) is 4.73. The van der Waals surface area contributed by atoms with Crippen LogP contribution in [0.3, 0.4) is 0 Å². The van der Waals surface area contributed by atoms with Gasteiger partial charge in [-0.15, -0.1) is 0 Å². The van der Waals surface area contributed by atoms with E-state index in [1.807, 2.05) is 78.9 Å². The zero-order chi connectivity index (χ0) is 36.2. The summed E-state index contributed by atoms with van der Waals surface area (Å²) < 4.78 is 11.0. The summed E-state index contributed by atoms with van der Waals surface area (Å²) in [5.74, 6) is -2.75. The number of hydrogen-bond acceptors (Lipinski definition) is 7. The van der Waals surface area contributed by atoms with Crippen LogP contribution in [0.4, 0.5) is 4.79 Å². The van der Waals surface area contributed by atoms with Crippen molar-refractivity contribution in [1.82, 2.24) is 21.3 Å². The molecule has 0 atom stereocenters. The van der Waals surface area contributed by atoms with Crippen LogP contribution in [0.1, 0.15) is 78.0 Å². The molecule has 49 heavy (non-hydrogen) atoms. The van der Waals surface area contributed by atoms with Crippen LogP contribution in [-0.4, -0.2) is 58.5 Å². The van der Waals surface area contributed by atoms with Crippen LogP contribution in [0.5, 0.6) is 0 Å². The van der Waals surface area contributed by atoms with E-state index in [1.165, 1.54) is 55.4 Å². The highest BCUT2D eigenvalue weighted by molar-refractivity contribution is 5.99. The maximum Gasteiger partial charge on any atom is 0.408 e. The lowest BCUT2D eigenvalue weighted by Crippen LogP contribution is -2.67. The van der Waals surface area contributed by atoms with Gasteiger partial charge in [-0.1, -0.05) is 78.9 Å². The lowest BCUT2D eigenvalue weighted by atomic mass is 9.95. The van der Waals surface area contributed by atoms with Crippen molar-refractivity contribution < 1.29 is 33.4 Å². The molecule has 11 nitrogen and oxygen atoms in total. The number of alkyl carbamates (subject to hydrolysis) is 1. The highest BCUT2D eigenvalue weighted by Crippen LogP contribution is 2.44. The molecule has 4 amide bonds. The van der Waals surface area contributed by atoms with E-state index < -0.39 is 51.9 Å². The zero-order valence-corrected chi connectivity index (χ0v) is 29.4. The molecule has 0 saturated heterocycles. The first-order chi connectivity index (χ1) is 22.8. The Bertz CT molecular complexity index is 1690. The van der Waals surface area contributed by atoms with Crippen LogP contribution in [0.25, 0.3) is 11.1 Å². The number of nitrogens with one attached hydrogen (secondary N) is 4. The molecule has 1 aliphatic rings. The quantitative estimate of drug-likeness (QED) is 0.203. The fourth-order valence-electron chi connectivity index (χ4n) is 5.33. The first-order valence-corrected chi connectivity index (χ1v) is 16.2. The Morgan fingerprint density at radius 2 is 0.939 bits per heavy atom. The average Bonchev–Trinajstić information content (AvgIpc) is 3.35. The minimum Gasteiger partial charge on any atom is -0.459 e. The standard InChI is InChI=1S/C38H46N4O7/c1-35(2,30(43)39-36(3,4)31(44)41-38(7,8)33(46)48-22-24-16-10-9-11-17-24)40-32(45)37(5,6)42-34(47)49-23-29-27-20-14-12-18-25(27)26-19-13-15-21-28(26)29/h9-21,29H,22-23H2,1-8H3,(H,39,43)(H,40,45)(H,41,44)(H,42,47). The summed E-state index contributed by atoms with van der Waals surface area (Å²) in [6.07, 6.45) is -0.785. The van der Waals surface area contributed by atoms with Gasteiger partial charge in [0.2, 0.25) is 17.7 Å². The van der Waals surface area contributed by atoms with Crippen molar-refractivity contribution in [1.29, 1.82) is 0 Å². The summed E-state index contributed by atoms with van der Waals surface area (Å²) in [6, 6.07) is 25.1. The van der Waals surface area contributed by atoms with E-state index in [9.17, 15) is 24.0 Å². The minimum atomic E-state index is -1.50. The summed E-state index contributed by atoms with van der Waals surface area (Å²) in [5, 5.41) is 10.6. The van der Waals surface area contributed by atoms with Gasteiger partial charge in [0.1, 0.15) is 35.4 Å². The predicted molar refractivity (Wildman–Crippen MR) is 185 cm³/mol. The third-order valence-corrected chi connectivity index (χ3v) is 8.46. The molecule has 0 aliphatic heterocycles. The number of rotatable bonds is 12. The monoisotopic (exact) mass is 670 g/mol. The van der Waals surface area contributed by atoms with Crippen LogP contribution in [0.2, 0.25) is 0 Å². The molecule has 4 N–H and O–H groups in total.